The maximum absolute atomic E-state index is 5.27. The second-order valence-electron chi connectivity index (χ2n) is 4.66. The molecular formula is C16H21N3OS. The molecule has 1 aromatic heterocycles. The van der Waals surface area contributed by atoms with Gasteiger partial charge in [-0.15, -0.1) is 11.3 Å². The first-order valence-corrected chi connectivity index (χ1v) is 7.71. The van der Waals surface area contributed by atoms with E-state index in [1.165, 1.54) is 10.4 Å². The zero-order valence-corrected chi connectivity index (χ0v) is 13.5. The van der Waals surface area contributed by atoms with Gasteiger partial charge in [-0.25, -0.2) is 0 Å². The van der Waals surface area contributed by atoms with Crippen molar-refractivity contribution in [3.63, 3.8) is 0 Å². The highest BCUT2D eigenvalue weighted by Crippen LogP contribution is 2.18. The average Bonchev–Trinajstić information content (AvgIpc) is 3.01. The van der Waals surface area contributed by atoms with Gasteiger partial charge in [-0.2, -0.15) is 0 Å². The predicted octanol–water partition coefficient (Wildman–Crippen LogP) is 2.93. The number of thiophene rings is 1. The normalized spacial score (nSPS) is 11.3. The molecule has 1 aromatic carbocycles. The molecule has 0 saturated heterocycles. The molecule has 0 unspecified atom stereocenters. The molecule has 2 rings (SSSR count). The van der Waals surface area contributed by atoms with Gasteiger partial charge in [-0.3, -0.25) is 4.99 Å². The van der Waals surface area contributed by atoms with Crippen molar-refractivity contribution in [2.75, 3.05) is 14.2 Å². The summed E-state index contributed by atoms with van der Waals surface area (Å²) < 4.78 is 5.27. The van der Waals surface area contributed by atoms with Gasteiger partial charge in [0, 0.05) is 18.5 Å². The van der Waals surface area contributed by atoms with E-state index in [1.807, 2.05) is 13.0 Å². The molecule has 0 aliphatic rings. The smallest absolute Gasteiger partial charge is 0.191 e. The molecule has 2 N–H and O–H groups in total. The number of hydrogen-bond donors (Lipinski definition) is 2. The molecule has 0 aliphatic carbocycles. The van der Waals surface area contributed by atoms with Gasteiger partial charge >= 0.3 is 0 Å². The van der Waals surface area contributed by atoms with Gasteiger partial charge < -0.3 is 15.4 Å². The lowest BCUT2D eigenvalue weighted by atomic mass is 10.1. The minimum Gasteiger partial charge on any atom is -0.496 e. The Bertz CT molecular complexity index is 594. The summed E-state index contributed by atoms with van der Waals surface area (Å²) in [7, 11) is 3.47. The molecule has 21 heavy (non-hydrogen) atoms. The summed E-state index contributed by atoms with van der Waals surface area (Å²) in [5.74, 6) is 1.72. The van der Waals surface area contributed by atoms with Crippen LogP contribution >= 0.6 is 11.3 Å². The lowest BCUT2D eigenvalue weighted by Crippen LogP contribution is -2.36. The largest absolute Gasteiger partial charge is 0.496 e. The van der Waals surface area contributed by atoms with Crippen LogP contribution < -0.4 is 15.4 Å². The fourth-order valence-electron chi connectivity index (χ4n) is 2.04. The number of rotatable bonds is 5. The van der Waals surface area contributed by atoms with Crippen molar-refractivity contribution in [2.45, 2.75) is 20.0 Å². The molecule has 0 fully saturated rings. The molecule has 0 bridgehead atoms. The highest BCUT2D eigenvalue weighted by molar-refractivity contribution is 7.09. The highest BCUT2D eigenvalue weighted by atomic mass is 32.1. The highest BCUT2D eigenvalue weighted by Gasteiger charge is 2.02. The number of guanidine groups is 1. The van der Waals surface area contributed by atoms with Crippen molar-refractivity contribution in [1.29, 1.82) is 0 Å². The number of aliphatic imine (C=N–C) groups is 1. The van der Waals surface area contributed by atoms with Crippen molar-refractivity contribution in [3.05, 3.63) is 51.7 Å². The molecule has 4 nitrogen and oxygen atoms in total. The summed E-state index contributed by atoms with van der Waals surface area (Å²) in [6, 6.07) is 10.3. The van der Waals surface area contributed by atoms with Crippen LogP contribution in [0.4, 0.5) is 0 Å². The van der Waals surface area contributed by atoms with Gasteiger partial charge in [0.2, 0.25) is 0 Å². The lowest BCUT2D eigenvalue weighted by molar-refractivity contribution is 0.411. The quantitative estimate of drug-likeness (QED) is 0.659. The van der Waals surface area contributed by atoms with Crippen molar-refractivity contribution < 1.29 is 4.74 Å². The number of nitrogens with one attached hydrogen (secondary N) is 2. The summed E-state index contributed by atoms with van der Waals surface area (Å²) in [6.45, 7) is 3.57. The van der Waals surface area contributed by atoms with Crippen LogP contribution in [0.5, 0.6) is 5.75 Å². The maximum Gasteiger partial charge on any atom is 0.191 e. The lowest BCUT2D eigenvalue weighted by Gasteiger charge is -2.12. The van der Waals surface area contributed by atoms with E-state index in [1.54, 1.807) is 25.5 Å². The molecule has 0 radical (unpaired) electrons. The minimum atomic E-state index is 0.731. The molecule has 0 atom stereocenters. The van der Waals surface area contributed by atoms with Crippen LogP contribution in [0.1, 0.15) is 16.0 Å². The van der Waals surface area contributed by atoms with Crippen LogP contribution in [0.2, 0.25) is 0 Å². The van der Waals surface area contributed by atoms with Crippen LogP contribution in [0, 0.1) is 6.92 Å². The number of nitrogens with zero attached hydrogens (tertiary/aromatic N) is 1. The zero-order valence-electron chi connectivity index (χ0n) is 12.6. The molecule has 112 valence electrons. The van der Waals surface area contributed by atoms with Crippen LogP contribution in [0.3, 0.4) is 0 Å². The third-order valence-electron chi connectivity index (χ3n) is 3.15. The Morgan fingerprint density at radius 2 is 2.05 bits per heavy atom. The number of aryl methyl sites for hydroxylation is 1. The van der Waals surface area contributed by atoms with Crippen molar-refractivity contribution in [3.8, 4) is 5.75 Å². The molecule has 0 aliphatic heterocycles. The Labute approximate surface area is 129 Å². The van der Waals surface area contributed by atoms with E-state index >= 15 is 0 Å². The first-order valence-electron chi connectivity index (χ1n) is 6.83. The number of ether oxygens (including phenoxy) is 1. The molecular weight excluding hydrogens is 282 g/mol. The van der Waals surface area contributed by atoms with Gasteiger partial charge in [0.05, 0.1) is 13.7 Å². The van der Waals surface area contributed by atoms with Crippen molar-refractivity contribution >= 4 is 17.3 Å². The molecule has 0 saturated carbocycles. The Kier molecular flexibility index (Phi) is 5.63. The number of hydrogen-bond acceptors (Lipinski definition) is 3. The summed E-state index contributed by atoms with van der Waals surface area (Å²) in [6.07, 6.45) is 0. The molecule has 0 spiro atoms. The van der Waals surface area contributed by atoms with E-state index in [0.29, 0.717) is 0 Å². The Balaban J connectivity index is 1.86. The van der Waals surface area contributed by atoms with Gasteiger partial charge in [0.25, 0.3) is 0 Å². The summed E-state index contributed by atoms with van der Waals surface area (Å²) in [4.78, 5) is 5.52. The van der Waals surface area contributed by atoms with Crippen molar-refractivity contribution in [1.82, 2.24) is 10.6 Å². The van der Waals surface area contributed by atoms with E-state index < -0.39 is 0 Å². The second-order valence-corrected chi connectivity index (χ2v) is 5.69. The minimum absolute atomic E-state index is 0.731. The number of methoxy groups -OCH3 is 1. The summed E-state index contributed by atoms with van der Waals surface area (Å²) in [5, 5.41) is 8.70. The fraction of sp³-hybridized carbons (Fsp3) is 0.312. The van der Waals surface area contributed by atoms with Crippen LogP contribution in [-0.4, -0.2) is 20.1 Å². The zero-order chi connectivity index (χ0) is 15.1. The van der Waals surface area contributed by atoms with E-state index in [-0.39, 0.29) is 0 Å². The van der Waals surface area contributed by atoms with Gasteiger partial charge in [0.1, 0.15) is 5.75 Å². The van der Waals surface area contributed by atoms with Crippen LogP contribution in [0.25, 0.3) is 0 Å². The van der Waals surface area contributed by atoms with Gasteiger partial charge in [-0.1, -0.05) is 18.2 Å². The summed E-state index contributed by atoms with van der Waals surface area (Å²) >= 11 is 1.74. The van der Waals surface area contributed by atoms with E-state index in [0.717, 1.165) is 30.4 Å². The summed E-state index contributed by atoms with van der Waals surface area (Å²) in [5.41, 5.74) is 2.34. The first-order chi connectivity index (χ1) is 10.2. The first kappa shape index (κ1) is 15.4. The third kappa shape index (κ3) is 4.49. The van der Waals surface area contributed by atoms with Crippen LogP contribution in [0.15, 0.2) is 40.7 Å². The third-order valence-corrected chi connectivity index (χ3v) is 4.03. The van der Waals surface area contributed by atoms with Crippen LogP contribution in [-0.2, 0) is 13.1 Å². The molecule has 2 aromatic rings. The molecule has 0 amide bonds. The Morgan fingerprint density at radius 3 is 2.67 bits per heavy atom. The average molecular weight is 303 g/mol. The molecule has 5 heteroatoms. The fourth-order valence-corrected chi connectivity index (χ4v) is 2.69. The number of benzene rings is 1. The van der Waals surface area contributed by atoms with Gasteiger partial charge in [0.15, 0.2) is 5.96 Å². The monoisotopic (exact) mass is 303 g/mol. The Hall–Kier alpha value is -2.01. The van der Waals surface area contributed by atoms with E-state index in [4.69, 9.17) is 4.74 Å². The standard InChI is InChI=1S/C16H21N3OS/c1-12-9-13(6-7-15(12)20-3)10-18-16(17-2)19-11-14-5-4-8-21-14/h4-9H,10-11H2,1-3H3,(H2,17,18,19). The second kappa shape index (κ2) is 7.69. The van der Waals surface area contributed by atoms with E-state index in [9.17, 15) is 0 Å². The van der Waals surface area contributed by atoms with E-state index in [2.05, 4.69) is 45.3 Å². The maximum atomic E-state index is 5.27. The molecule has 1 heterocycles. The van der Waals surface area contributed by atoms with Gasteiger partial charge in [-0.05, 0) is 35.6 Å². The Morgan fingerprint density at radius 1 is 1.24 bits per heavy atom. The SMILES string of the molecule is CN=C(NCc1ccc(OC)c(C)c1)NCc1cccs1. The van der Waals surface area contributed by atoms with Crippen molar-refractivity contribution in [2.24, 2.45) is 4.99 Å². The predicted molar refractivity (Wildman–Crippen MR) is 89.1 cm³/mol. The topological polar surface area (TPSA) is 45.7 Å².